The summed E-state index contributed by atoms with van der Waals surface area (Å²) in [4.78, 5) is 17.4. The number of carbonyl (C=O) groups excluding carboxylic acids is 1. The minimum atomic E-state index is -3.13. The van der Waals surface area contributed by atoms with Gasteiger partial charge in [-0.05, 0) is 32.6 Å². The molecule has 2 rings (SSSR count). The summed E-state index contributed by atoms with van der Waals surface area (Å²) in [7, 11) is -3.13. The molecular formula is C13H24N2O4S. The fraction of sp³-hybridized carbons (Fsp3) is 0.923. The van der Waals surface area contributed by atoms with Gasteiger partial charge in [-0.15, -0.1) is 0 Å². The van der Waals surface area contributed by atoms with E-state index in [1.165, 1.54) is 4.31 Å². The summed E-state index contributed by atoms with van der Waals surface area (Å²) in [6.45, 7) is 2.50. The van der Waals surface area contributed by atoms with Crippen molar-refractivity contribution in [2.45, 2.75) is 51.6 Å². The zero-order valence-electron chi connectivity index (χ0n) is 12.0. The van der Waals surface area contributed by atoms with Crippen molar-refractivity contribution in [3.8, 4) is 0 Å². The Hall–Kier alpha value is -0.660. The van der Waals surface area contributed by atoms with Crippen molar-refractivity contribution < 1.29 is 18.0 Å². The molecule has 0 bridgehead atoms. The zero-order chi connectivity index (χ0) is 14.6. The van der Waals surface area contributed by atoms with Crippen molar-refractivity contribution in [1.82, 2.24) is 9.79 Å². The fourth-order valence-corrected chi connectivity index (χ4v) is 3.94. The molecule has 0 unspecified atom stereocenters. The monoisotopic (exact) mass is 304 g/mol. The maximum atomic E-state index is 12.0. The highest BCUT2D eigenvalue weighted by Crippen LogP contribution is 2.22. The van der Waals surface area contributed by atoms with E-state index in [1.54, 1.807) is 6.92 Å². The highest BCUT2D eigenvalue weighted by molar-refractivity contribution is 7.89. The number of hydrogen-bond donors (Lipinski definition) is 1. The summed E-state index contributed by atoms with van der Waals surface area (Å²) < 4.78 is 24.9. The minimum absolute atomic E-state index is 0.106. The van der Waals surface area contributed by atoms with Gasteiger partial charge in [-0.2, -0.15) is 0 Å². The molecule has 1 N–H and O–H groups in total. The van der Waals surface area contributed by atoms with E-state index in [1.807, 2.05) is 0 Å². The van der Waals surface area contributed by atoms with Crippen molar-refractivity contribution in [2.75, 3.05) is 18.8 Å². The quantitative estimate of drug-likeness (QED) is 0.770. The number of hydroxylamine groups is 1. The summed E-state index contributed by atoms with van der Waals surface area (Å²) in [5.41, 5.74) is 2.55. The predicted octanol–water partition coefficient (Wildman–Crippen LogP) is 1.04. The fourth-order valence-electron chi connectivity index (χ4n) is 2.81. The van der Waals surface area contributed by atoms with Crippen LogP contribution in [0.3, 0.4) is 0 Å². The first-order chi connectivity index (χ1) is 9.53. The number of piperidine rings is 1. The molecule has 1 aliphatic heterocycles. The summed E-state index contributed by atoms with van der Waals surface area (Å²) in [6, 6.07) is 0. The van der Waals surface area contributed by atoms with Gasteiger partial charge < -0.3 is 0 Å². The second-order valence-electron chi connectivity index (χ2n) is 5.56. The van der Waals surface area contributed by atoms with Gasteiger partial charge in [0.2, 0.25) is 15.9 Å². The Balaban J connectivity index is 1.74. The number of hydrogen-bond acceptors (Lipinski definition) is 4. The zero-order valence-corrected chi connectivity index (χ0v) is 12.8. The van der Waals surface area contributed by atoms with Crippen molar-refractivity contribution in [3.63, 3.8) is 0 Å². The molecule has 1 amide bonds. The van der Waals surface area contributed by atoms with Crippen LogP contribution in [0.25, 0.3) is 0 Å². The number of sulfonamides is 1. The molecule has 0 aromatic carbocycles. The largest absolute Gasteiger partial charge is 0.272 e. The van der Waals surface area contributed by atoms with E-state index in [0.29, 0.717) is 25.9 Å². The number of nitrogens with zero attached hydrogens (tertiary/aromatic N) is 1. The third kappa shape index (κ3) is 3.93. The highest BCUT2D eigenvalue weighted by atomic mass is 32.2. The normalized spacial score (nSPS) is 23.1. The van der Waals surface area contributed by atoms with Crippen molar-refractivity contribution in [2.24, 2.45) is 5.92 Å². The summed E-state index contributed by atoms with van der Waals surface area (Å²) >= 11 is 0. The van der Waals surface area contributed by atoms with Gasteiger partial charge >= 0.3 is 0 Å². The van der Waals surface area contributed by atoms with Gasteiger partial charge in [-0.3, -0.25) is 9.63 Å². The second kappa shape index (κ2) is 6.87. The number of nitrogens with one attached hydrogen (secondary N) is 1. The lowest BCUT2D eigenvalue weighted by Gasteiger charge is -2.30. The van der Waals surface area contributed by atoms with Crippen LogP contribution in [0.4, 0.5) is 0 Å². The third-order valence-electron chi connectivity index (χ3n) is 4.21. The van der Waals surface area contributed by atoms with Crippen LogP contribution in [0.15, 0.2) is 0 Å². The molecule has 1 heterocycles. The molecule has 116 valence electrons. The lowest BCUT2D eigenvalue weighted by atomic mass is 9.98. The summed E-state index contributed by atoms with van der Waals surface area (Å²) in [5.74, 6) is -0.126. The van der Waals surface area contributed by atoms with E-state index in [0.717, 1.165) is 25.7 Å². The van der Waals surface area contributed by atoms with Crippen LogP contribution in [0.5, 0.6) is 0 Å². The molecule has 1 saturated carbocycles. The molecule has 0 radical (unpaired) electrons. The van der Waals surface area contributed by atoms with E-state index in [2.05, 4.69) is 5.48 Å². The second-order valence-corrected chi connectivity index (χ2v) is 7.82. The molecule has 1 aliphatic carbocycles. The number of rotatable bonds is 5. The van der Waals surface area contributed by atoms with E-state index >= 15 is 0 Å². The SMILES string of the molecule is CCS(=O)(=O)N1CCC(C(=O)NOC2CCCC2)CC1. The third-order valence-corrected chi connectivity index (χ3v) is 6.09. The Morgan fingerprint density at radius 1 is 1.20 bits per heavy atom. The lowest BCUT2D eigenvalue weighted by molar-refractivity contribution is -0.143. The Kier molecular flexibility index (Phi) is 5.40. The molecule has 0 atom stereocenters. The van der Waals surface area contributed by atoms with E-state index < -0.39 is 10.0 Å². The molecule has 7 heteroatoms. The maximum Gasteiger partial charge on any atom is 0.246 e. The van der Waals surface area contributed by atoms with Gasteiger partial charge in [0, 0.05) is 19.0 Å². The Bertz CT molecular complexity index is 424. The first-order valence-electron chi connectivity index (χ1n) is 7.46. The molecule has 0 aromatic heterocycles. The molecule has 0 aromatic rings. The molecule has 6 nitrogen and oxygen atoms in total. The van der Waals surface area contributed by atoms with Crippen LogP contribution in [0, 0.1) is 5.92 Å². The average Bonchev–Trinajstić information content (AvgIpc) is 2.98. The van der Waals surface area contributed by atoms with E-state index in [9.17, 15) is 13.2 Å². The molecule has 20 heavy (non-hydrogen) atoms. The van der Waals surface area contributed by atoms with Gasteiger partial charge in [-0.25, -0.2) is 18.2 Å². The van der Waals surface area contributed by atoms with Gasteiger partial charge in [0.25, 0.3) is 0 Å². The van der Waals surface area contributed by atoms with Gasteiger partial charge in [0.05, 0.1) is 11.9 Å². The average molecular weight is 304 g/mol. The van der Waals surface area contributed by atoms with Gasteiger partial charge in [0.1, 0.15) is 0 Å². The Labute approximate surface area is 120 Å². The number of amides is 1. The van der Waals surface area contributed by atoms with Gasteiger partial charge in [-0.1, -0.05) is 12.8 Å². The summed E-state index contributed by atoms with van der Waals surface area (Å²) in [5, 5.41) is 0. The molecule has 2 fully saturated rings. The molecule has 1 saturated heterocycles. The van der Waals surface area contributed by atoms with Crippen LogP contribution < -0.4 is 5.48 Å². The van der Waals surface area contributed by atoms with Crippen molar-refractivity contribution in [1.29, 1.82) is 0 Å². The van der Waals surface area contributed by atoms with Crippen LogP contribution in [0.2, 0.25) is 0 Å². The minimum Gasteiger partial charge on any atom is -0.272 e. The maximum absolute atomic E-state index is 12.0. The molecular weight excluding hydrogens is 280 g/mol. The summed E-state index contributed by atoms with van der Waals surface area (Å²) in [6.07, 6.45) is 5.63. The van der Waals surface area contributed by atoms with Crippen LogP contribution in [-0.4, -0.2) is 43.6 Å². The molecule has 0 spiro atoms. The Morgan fingerprint density at radius 3 is 2.35 bits per heavy atom. The predicted molar refractivity (Wildman–Crippen MR) is 75.2 cm³/mol. The number of carbonyl (C=O) groups is 1. The topological polar surface area (TPSA) is 75.7 Å². The van der Waals surface area contributed by atoms with Gasteiger partial charge in [0.15, 0.2) is 0 Å². The lowest BCUT2D eigenvalue weighted by Crippen LogP contribution is -2.43. The van der Waals surface area contributed by atoms with E-state index in [-0.39, 0.29) is 23.7 Å². The first kappa shape index (κ1) is 15.7. The van der Waals surface area contributed by atoms with Crippen molar-refractivity contribution in [3.05, 3.63) is 0 Å². The van der Waals surface area contributed by atoms with Crippen LogP contribution in [-0.2, 0) is 19.7 Å². The van der Waals surface area contributed by atoms with Crippen LogP contribution >= 0.6 is 0 Å². The van der Waals surface area contributed by atoms with Crippen LogP contribution in [0.1, 0.15) is 45.4 Å². The standard InChI is InChI=1S/C13H24N2O4S/c1-2-20(17,18)15-9-7-11(8-10-15)13(16)14-19-12-5-3-4-6-12/h11-12H,2-10H2,1H3,(H,14,16). The highest BCUT2D eigenvalue weighted by Gasteiger charge is 2.30. The molecule has 2 aliphatic rings. The first-order valence-corrected chi connectivity index (χ1v) is 9.07. The Morgan fingerprint density at radius 2 is 1.80 bits per heavy atom. The van der Waals surface area contributed by atoms with E-state index in [4.69, 9.17) is 4.84 Å². The smallest absolute Gasteiger partial charge is 0.246 e. The van der Waals surface area contributed by atoms with Crippen molar-refractivity contribution >= 4 is 15.9 Å².